The van der Waals surface area contributed by atoms with E-state index in [2.05, 4.69) is 34.1 Å². The lowest BCUT2D eigenvalue weighted by molar-refractivity contribution is 0.275. The van der Waals surface area contributed by atoms with E-state index in [0.29, 0.717) is 33.9 Å². The topological polar surface area (TPSA) is 65.7 Å². The van der Waals surface area contributed by atoms with Crippen molar-refractivity contribution in [2.24, 2.45) is 0 Å². The monoisotopic (exact) mass is 361 g/mol. The summed E-state index contributed by atoms with van der Waals surface area (Å²) in [6, 6.07) is 7.17. The minimum atomic E-state index is -0.638. The van der Waals surface area contributed by atoms with E-state index in [9.17, 15) is 4.39 Å². The van der Waals surface area contributed by atoms with Crippen LogP contribution < -0.4 is 4.74 Å². The Bertz CT molecular complexity index is 868. The van der Waals surface area contributed by atoms with Gasteiger partial charge >= 0.3 is 6.01 Å². The molecule has 6 nitrogen and oxygen atoms in total. The standard InChI is InChI=1S/C17H17ClFN5O/c1-11(2)16-5-6-20-17(21-16)25-10-13-9-24(23-22-13)14-3-4-15(18)12(7-14)8-19/h3-7,9,11H,8,10H2,1-2H3. The average Bonchev–Trinajstić information content (AvgIpc) is 3.09. The van der Waals surface area contributed by atoms with E-state index < -0.39 is 6.67 Å². The summed E-state index contributed by atoms with van der Waals surface area (Å²) in [5.74, 6) is 0.292. The minimum absolute atomic E-state index is 0.186. The fraction of sp³-hybridized carbons (Fsp3) is 0.294. The van der Waals surface area contributed by atoms with Gasteiger partial charge in [-0.3, -0.25) is 0 Å². The summed E-state index contributed by atoms with van der Waals surface area (Å²) >= 11 is 5.92. The van der Waals surface area contributed by atoms with Gasteiger partial charge in [0.15, 0.2) is 0 Å². The Morgan fingerprint density at radius 2 is 2.12 bits per heavy atom. The molecule has 0 fully saturated rings. The van der Waals surface area contributed by atoms with Gasteiger partial charge in [0, 0.05) is 16.8 Å². The third kappa shape index (κ3) is 4.11. The maximum Gasteiger partial charge on any atom is 0.316 e. The zero-order valence-corrected chi connectivity index (χ0v) is 14.6. The maximum absolute atomic E-state index is 12.9. The van der Waals surface area contributed by atoms with Gasteiger partial charge in [0.05, 0.1) is 17.6 Å². The molecule has 0 saturated carbocycles. The van der Waals surface area contributed by atoms with Crippen LogP contribution in [0.1, 0.15) is 36.7 Å². The second-order valence-corrected chi connectivity index (χ2v) is 6.18. The smallest absolute Gasteiger partial charge is 0.316 e. The summed E-state index contributed by atoms with van der Waals surface area (Å²) in [7, 11) is 0. The lowest BCUT2D eigenvalue weighted by Crippen LogP contribution is -2.02. The van der Waals surface area contributed by atoms with Gasteiger partial charge in [-0.15, -0.1) is 5.10 Å². The van der Waals surface area contributed by atoms with Crippen molar-refractivity contribution in [1.29, 1.82) is 0 Å². The molecular weight excluding hydrogens is 345 g/mol. The van der Waals surface area contributed by atoms with Gasteiger partial charge in [0.25, 0.3) is 0 Å². The SMILES string of the molecule is CC(C)c1ccnc(OCc2cn(-c3ccc(Cl)c(CF)c3)nn2)n1. The number of alkyl halides is 1. The van der Waals surface area contributed by atoms with Crippen LogP contribution in [0.5, 0.6) is 6.01 Å². The molecule has 0 amide bonds. The second kappa shape index (κ2) is 7.57. The lowest BCUT2D eigenvalue weighted by Gasteiger charge is -2.06. The van der Waals surface area contributed by atoms with Crippen molar-refractivity contribution in [2.45, 2.75) is 33.0 Å². The van der Waals surface area contributed by atoms with Crippen LogP contribution in [0.3, 0.4) is 0 Å². The largest absolute Gasteiger partial charge is 0.457 e. The maximum atomic E-state index is 12.9. The molecular formula is C17H17ClFN5O. The van der Waals surface area contributed by atoms with Crippen LogP contribution in [0, 0.1) is 0 Å². The molecule has 130 valence electrons. The third-order valence-electron chi connectivity index (χ3n) is 3.57. The first-order valence-corrected chi connectivity index (χ1v) is 8.16. The van der Waals surface area contributed by atoms with E-state index in [1.807, 2.05) is 6.07 Å². The Hall–Kier alpha value is -2.54. The molecule has 3 aromatic rings. The molecule has 25 heavy (non-hydrogen) atoms. The molecule has 0 aliphatic heterocycles. The molecule has 1 aromatic carbocycles. The van der Waals surface area contributed by atoms with Gasteiger partial charge in [-0.2, -0.15) is 4.98 Å². The molecule has 0 atom stereocenters. The molecule has 0 bridgehead atoms. The van der Waals surface area contributed by atoms with E-state index in [1.165, 1.54) is 0 Å². The van der Waals surface area contributed by atoms with E-state index in [-0.39, 0.29) is 6.61 Å². The highest BCUT2D eigenvalue weighted by molar-refractivity contribution is 6.31. The Balaban J connectivity index is 1.71. The number of nitrogens with zero attached hydrogens (tertiary/aromatic N) is 5. The minimum Gasteiger partial charge on any atom is -0.457 e. The number of aromatic nitrogens is 5. The van der Waals surface area contributed by atoms with E-state index in [0.717, 1.165) is 5.69 Å². The van der Waals surface area contributed by atoms with Crippen molar-refractivity contribution < 1.29 is 9.13 Å². The molecule has 0 radical (unpaired) electrons. The number of benzene rings is 1. The fourth-order valence-electron chi connectivity index (χ4n) is 2.18. The van der Waals surface area contributed by atoms with Gasteiger partial charge in [-0.25, -0.2) is 14.1 Å². The highest BCUT2D eigenvalue weighted by Crippen LogP contribution is 2.20. The van der Waals surface area contributed by atoms with Crippen LogP contribution in [0.25, 0.3) is 5.69 Å². The molecule has 8 heteroatoms. The first kappa shape index (κ1) is 17.3. The molecule has 0 saturated heterocycles. The Kier molecular flexibility index (Phi) is 5.23. The number of halogens is 2. The average molecular weight is 362 g/mol. The molecule has 2 heterocycles. The molecule has 0 aliphatic carbocycles. The molecule has 0 aliphatic rings. The van der Waals surface area contributed by atoms with E-state index in [4.69, 9.17) is 16.3 Å². The summed E-state index contributed by atoms with van der Waals surface area (Å²) in [5.41, 5.74) is 2.60. The van der Waals surface area contributed by atoms with Gasteiger partial charge in [0.2, 0.25) is 0 Å². The quantitative estimate of drug-likeness (QED) is 0.666. The van der Waals surface area contributed by atoms with E-state index in [1.54, 1.807) is 35.3 Å². The molecule has 0 N–H and O–H groups in total. The summed E-state index contributed by atoms with van der Waals surface area (Å²) in [4.78, 5) is 8.43. The van der Waals surface area contributed by atoms with Gasteiger partial charge in [0.1, 0.15) is 19.0 Å². The number of ether oxygens (including phenoxy) is 1. The third-order valence-corrected chi connectivity index (χ3v) is 3.94. The number of hydrogen-bond acceptors (Lipinski definition) is 5. The van der Waals surface area contributed by atoms with Crippen molar-refractivity contribution in [3.63, 3.8) is 0 Å². The van der Waals surface area contributed by atoms with Crippen LogP contribution in [-0.2, 0) is 13.3 Å². The Morgan fingerprint density at radius 3 is 2.88 bits per heavy atom. The Labute approximate surface area is 149 Å². The van der Waals surface area contributed by atoms with Gasteiger partial charge in [-0.05, 0) is 30.2 Å². The van der Waals surface area contributed by atoms with Crippen LogP contribution in [0.4, 0.5) is 4.39 Å². The van der Waals surface area contributed by atoms with Crippen LogP contribution in [0.15, 0.2) is 36.7 Å². The van der Waals surface area contributed by atoms with Crippen molar-refractivity contribution in [2.75, 3.05) is 0 Å². The molecule has 3 rings (SSSR count). The second-order valence-electron chi connectivity index (χ2n) is 5.77. The fourth-order valence-corrected chi connectivity index (χ4v) is 2.35. The van der Waals surface area contributed by atoms with Crippen molar-refractivity contribution in [3.05, 3.63) is 58.6 Å². The predicted octanol–water partition coefficient (Wildman–Crippen LogP) is 3.88. The zero-order valence-electron chi connectivity index (χ0n) is 13.9. The first-order valence-electron chi connectivity index (χ1n) is 7.78. The van der Waals surface area contributed by atoms with Crippen LogP contribution >= 0.6 is 11.6 Å². The van der Waals surface area contributed by atoms with Gasteiger partial charge in [-0.1, -0.05) is 30.7 Å². The number of hydrogen-bond donors (Lipinski definition) is 0. The summed E-state index contributed by atoms with van der Waals surface area (Å²) in [6.07, 6.45) is 3.37. The van der Waals surface area contributed by atoms with Crippen LogP contribution in [-0.4, -0.2) is 25.0 Å². The summed E-state index contributed by atoms with van der Waals surface area (Å²) in [5, 5.41) is 8.46. The van der Waals surface area contributed by atoms with Crippen molar-refractivity contribution in [3.8, 4) is 11.7 Å². The van der Waals surface area contributed by atoms with Crippen molar-refractivity contribution >= 4 is 11.6 Å². The number of rotatable bonds is 6. The Morgan fingerprint density at radius 1 is 1.28 bits per heavy atom. The first-order chi connectivity index (χ1) is 12.1. The van der Waals surface area contributed by atoms with Crippen molar-refractivity contribution in [1.82, 2.24) is 25.0 Å². The summed E-state index contributed by atoms with van der Waals surface area (Å²) < 4.78 is 20.0. The molecule has 0 spiro atoms. The van der Waals surface area contributed by atoms with Crippen LogP contribution in [0.2, 0.25) is 5.02 Å². The molecule has 2 aromatic heterocycles. The normalized spacial score (nSPS) is 11.1. The highest BCUT2D eigenvalue weighted by atomic mass is 35.5. The summed E-state index contributed by atoms with van der Waals surface area (Å²) in [6.45, 7) is 3.65. The lowest BCUT2D eigenvalue weighted by atomic mass is 10.1. The zero-order chi connectivity index (χ0) is 17.8. The molecule has 0 unspecified atom stereocenters. The predicted molar refractivity (Wildman–Crippen MR) is 91.6 cm³/mol. The highest BCUT2D eigenvalue weighted by Gasteiger charge is 2.09. The van der Waals surface area contributed by atoms with E-state index >= 15 is 0 Å². The van der Waals surface area contributed by atoms with Gasteiger partial charge < -0.3 is 4.74 Å².